The summed E-state index contributed by atoms with van der Waals surface area (Å²) in [4.78, 5) is 0. The first-order chi connectivity index (χ1) is 16.0. The van der Waals surface area contributed by atoms with Gasteiger partial charge in [0.2, 0.25) is 0 Å². The Labute approximate surface area is 195 Å². The Balaban J connectivity index is 1.65. The van der Waals surface area contributed by atoms with Crippen LogP contribution in [0.5, 0.6) is 0 Å². The van der Waals surface area contributed by atoms with Gasteiger partial charge in [-0.3, -0.25) is 0 Å². The zero-order chi connectivity index (χ0) is 22.6. The van der Waals surface area contributed by atoms with E-state index in [0.29, 0.717) is 5.76 Å². The quantitative estimate of drug-likeness (QED) is 0.324. The standard InChI is InChI=1S/C30H25BO2/c1-21-29(2,3)33-31(32-21)24-18-19-26-25-16-10-11-17-27(25)30(28(26)20-24,22-12-6-4-7-13-22)23-14-8-5-9-15-23/h4-20H,1H2,2-3H3. The Bertz CT molecular complexity index is 1320. The minimum Gasteiger partial charge on any atom is -0.534 e. The van der Waals surface area contributed by atoms with Crippen molar-refractivity contribution in [2.75, 3.05) is 0 Å². The molecule has 0 radical (unpaired) electrons. The SMILES string of the molecule is C=C1OB(c2ccc3c(c2)C(c2ccccc2)(c2ccccc2)c2ccccc2-3)OC1(C)C. The van der Waals surface area contributed by atoms with Gasteiger partial charge in [-0.25, -0.2) is 0 Å². The fraction of sp³-hybridized carbons (Fsp3) is 0.133. The van der Waals surface area contributed by atoms with Crippen molar-refractivity contribution in [3.8, 4) is 11.1 Å². The van der Waals surface area contributed by atoms with Crippen molar-refractivity contribution in [1.82, 2.24) is 0 Å². The zero-order valence-electron chi connectivity index (χ0n) is 18.9. The molecular formula is C30H25BO2. The molecule has 1 aliphatic carbocycles. The van der Waals surface area contributed by atoms with Crippen molar-refractivity contribution in [2.45, 2.75) is 24.9 Å². The third kappa shape index (κ3) is 2.86. The van der Waals surface area contributed by atoms with Crippen LogP contribution in [0.25, 0.3) is 11.1 Å². The number of hydrogen-bond donors (Lipinski definition) is 0. The van der Waals surface area contributed by atoms with Crippen LogP contribution >= 0.6 is 0 Å². The maximum absolute atomic E-state index is 6.24. The molecular weight excluding hydrogens is 403 g/mol. The van der Waals surface area contributed by atoms with Crippen molar-refractivity contribution in [2.24, 2.45) is 0 Å². The predicted molar refractivity (Wildman–Crippen MR) is 135 cm³/mol. The molecule has 0 amide bonds. The van der Waals surface area contributed by atoms with Gasteiger partial charge >= 0.3 is 7.12 Å². The second-order valence-electron chi connectivity index (χ2n) is 9.33. The molecule has 1 saturated heterocycles. The topological polar surface area (TPSA) is 18.5 Å². The normalized spacial score (nSPS) is 17.4. The van der Waals surface area contributed by atoms with Gasteiger partial charge in [-0.15, -0.1) is 0 Å². The van der Waals surface area contributed by atoms with Crippen molar-refractivity contribution >= 4 is 12.6 Å². The van der Waals surface area contributed by atoms with Crippen molar-refractivity contribution in [1.29, 1.82) is 0 Å². The van der Waals surface area contributed by atoms with E-state index in [1.165, 1.54) is 33.4 Å². The van der Waals surface area contributed by atoms with E-state index in [1.54, 1.807) is 0 Å². The van der Waals surface area contributed by atoms with Crippen LogP contribution in [0.3, 0.4) is 0 Å². The highest BCUT2D eigenvalue weighted by atomic mass is 16.7. The van der Waals surface area contributed by atoms with Crippen LogP contribution < -0.4 is 5.46 Å². The van der Waals surface area contributed by atoms with Crippen LogP contribution in [0.2, 0.25) is 0 Å². The monoisotopic (exact) mass is 428 g/mol. The zero-order valence-corrected chi connectivity index (χ0v) is 18.9. The van der Waals surface area contributed by atoms with E-state index in [4.69, 9.17) is 9.31 Å². The van der Waals surface area contributed by atoms with Crippen LogP contribution in [0.1, 0.15) is 36.1 Å². The van der Waals surface area contributed by atoms with E-state index in [1.807, 2.05) is 13.8 Å². The van der Waals surface area contributed by atoms with E-state index in [2.05, 4.69) is 110 Å². The molecule has 2 nitrogen and oxygen atoms in total. The Morgan fingerprint density at radius 2 is 1.24 bits per heavy atom. The minimum absolute atomic E-state index is 0.421. The van der Waals surface area contributed by atoms with Crippen molar-refractivity contribution in [3.63, 3.8) is 0 Å². The molecule has 3 heteroatoms. The van der Waals surface area contributed by atoms with E-state index in [0.717, 1.165) is 5.46 Å². The number of hydrogen-bond acceptors (Lipinski definition) is 2. The molecule has 160 valence electrons. The Morgan fingerprint density at radius 3 is 1.85 bits per heavy atom. The van der Waals surface area contributed by atoms with Gasteiger partial charge in [-0.2, -0.15) is 0 Å². The van der Waals surface area contributed by atoms with E-state index in [-0.39, 0.29) is 0 Å². The highest BCUT2D eigenvalue weighted by Crippen LogP contribution is 2.55. The molecule has 0 N–H and O–H groups in total. The van der Waals surface area contributed by atoms with Crippen molar-refractivity contribution in [3.05, 3.63) is 138 Å². The molecule has 0 aromatic heterocycles. The predicted octanol–water partition coefficient (Wildman–Crippen LogP) is 6.08. The van der Waals surface area contributed by atoms with Crippen LogP contribution in [0, 0.1) is 0 Å². The van der Waals surface area contributed by atoms with Gasteiger partial charge in [0.15, 0.2) is 0 Å². The average molecular weight is 428 g/mol. The highest BCUT2D eigenvalue weighted by molar-refractivity contribution is 6.62. The van der Waals surface area contributed by atoms with E-state index in [9.17, 15) is 0 Å². The molecule has 0 saturated carbocycles. The van der Waals surface area contributed by atoms with Gasteiger partial charge < -0.3 is 9.31 Å². The lowest BCUT2D eigenvalue weighted by molar-refractivity contribution is 0.173. The molecule has 0 atom stereocenters. The summed E-state index contributed by atoms with van der Waals surface area (Å²) in [6.45, 7) is 8.06. The van der Waals surface area contributed by atoms with Crippen LogP contribution in [0.4, 0.5) is 0 Å². The maximum atomic E-state index is 6.24. The van der Waals surface area contributed by atoms with Gasteiger partial charge in [0.1, 0.15) is 5.60 Å². The minimum atomic E-state index is -0.511. The smallest absolute Gasteiger partial charge is 0.534 e. The largest absolute Gasteiger partial charge is 0.563 e. The molecule has 4 aromatic rings. The molecule has 1 heterocycles. The summed E-state index contributed by atoms with van der Waals surface area (Å²) < 4.78 is 12.3. The fourth-order valence-corrected chi connectivity index (χ4v) is 5.37. The van der Waals surface area contributed by atoms with Crippen LogP contribution in [0.15, 0.2) is 115 Å². The second kappa shape index (κ2) is 7.23. The summed E-state index contributed by atoms with van der Waals surface area (Å²) in [6, 6.07) is 37.0. The first kappa shape index (κ1) is 20.1. The first-order valence-corrected chi connectivity index (χ1v) is 11.4. The summed E-state index contributed by atoms with van der Waals surface area (Å²) in [5.41, 5.74) is 7.63. The lowest BCUT2D eigenvalue weighted by atomic mass is 9.66. The lowest BCUT2D eigenvalue weighted by Gasteiger charge is -2.34. The molecule has 1 fully saturated rings. The summed E-state index contributed by atoms with van der Waals surface area (Å²) >= 11 is 0. The molecule has 4 aromatic carbocycles. The lowest BCUT2D eigenvalue weighted by Crippen LogP contribution is -2.36. The molecule has 1 aliphatic heterocycles. The van der Waals surface area contributed by atoms with Gasteiger partial charge in [-0.05, 0) is 52.7 Å². The molecule has 6 rings (SSSR count). The van der Waals surface area contributed by atoms with Gasteiger partial charge in [0.25, 0.3) is 0 Å². The Morgan fingerprint density at radius 1 is 0.667 bits per heavy atom. The van der Waals surface area contributed by atoms with E-state index < -0.39 is 18.1 Å². The summed E-state index contributed by atoms with van der Waals surface area (Å²) in [7, 11) is -0.467. The summed E-state index contributed by atoms with van der Waals surface area (Å²) in [5.74, 6) is 0.661. The average Bonchev–Trinajstić information content (AvgIpc) is 3.30. The molecule has 33 heavy (non-hydrogen) atoms. The van der Waals surface area contributed by atoms with E-state index >= 15 is 0 Å². The second-order valence-corrected chi connectivity index (χ2v) is 9.33. The van der Waals surface area contributed by atoms with Gasteiger partial charge in [-0.1, -0.05) is 110 Å². The molecule has 0 unspecified atom stereocenters. The highest BCUT2D eigenvalue weighted by Gasteiger charge is 2.48. The maximum Gasteiger partial charge on any atom is 0.563 e. The summed E-state index contributed by atoms with van der Waals surface area (Å²) in [5, 5.41) is 0. The summed E-state index contributed by atoms with van der Waals surface area (Å²) in [6.07, 6.45) is 0. The fourth-order valence-electron chi connectivity index (χ4n) is 5.37. The van der Waals surface area contributed by atoms with Gasteiger partial charge in [0, 0.05) is 0 Å². The third-order valence-corrected chi connectivity index (χ3v) is 7.08. The third-order valence-electron chi connectivity index (χ3n) is 7.08. The van der Waals surface area contributed by atoms with Crippen molar-refractivity contribution < 1.29 is 9.31 Å². The Hall–Kier alpha value is -3.56. The first-order valence-electron chi connectivity index (χ1n) is 11.4. The molecule has 2 aliphatic rings. The van der Waals surface area contributed by atoms with Crippen LogP contribution in [-0.4, -0.2) is 12.7 Å². The van der Waals surface area contributed by atoms with Gasteiger partial charge in [0.05, 0.1) is 11.2 Å². The molecule has 0 bridgehead atoms. The number of rotatable bonds is 3. The Kier molecular flexibility index (Phi) is 4.40. The number of fused-ring (bicyclic) bond motifs is 3. The molecule has 0 spiro atoms. The van der Waals surface area contributed by atoms with Crippen LogP contribution in [-0.2, 0) is 14.7 Å². The number of benzene rings is 4.